The third-order valence-electron chi connectivity index (χ3n) is 6.20. The molecule has 3 rings (SSSR count). The summed E-state index contributed by atoms with van der Waals surface area (Å²) in [5.74, 6) is -1.02. The lowest BCUT2D eigenvalue weighted by atomic mass is 9.77. The van der Waals surface area contributed by atoms with Gasteiger partial charge in [0.1, 0.15) is 11.4 Å². The molecule has 2 fully saturated rings. The SMILES string of the molecule is CNC(=O)c1ccc(N2CCC(N3CCC(F)(C(C)(C)C)C3)CC2)c(F)n1. The van der Waals surface area contributed by atoms with Crippen molar-refractivity contribution in [1.82, 2.24) is 15.2 Å². The number of anilines is 1. The van der Waals surface area contributed by atoms with Gasteiger partial charge >= 0.3 is 0 Å². The molecule has 0 aliphatic carbocycles. The number of hydrogen-bond acceptors (Lipinski definition) is 4. The molecule has 1 unspecified atom stereocenters. The fourth-order valence-electron chi connectivity index (χ4n) is 4.11. The van der Waals surface area contributed by atoms with Crippen LogP contribution in [0, 0.1) is 11.4 Å². The fraction of sp³-hybridized carbons (Fsp3) is 0.700. The van der Waals surface area contributed by atoms with Crippen LogP contribution in [-0.2, 0) is 0 Å². The molecular formula is C20H30F2N4O. The van der Waals surface area contributed by atoms with Crippen LogP contribution in [-0.4, -0.2) is 60.7 Å². The van der Waals surface area contributed by atoms with E-state index in [2.05, 4.69) is 15.2 Å². The van der Waals surface area contributed by atoms with E-state index in [0.717, 1.165) is 19.4 Å². The highest BCUT2D eigenvalue weighted by atomic mass is 19.1. The van der Waals surface area contributed by atoms with E-state index in [1.165, 1.54) is 7.05 Å². The van der Waals surface area contributed by atoms with E-state index in [1.54, 1.807) is 12.1 Å². The molecule has 1 amide bonds. The number of carbonyl (C=O) groups excluding carboxylic acids is 1. The lowest BCUT2D eigenvalue weighted by Crippen LogP contribution is -2.47. The molecule has 2 aliphatic rings. The van der Waals surface area contributed by atoms with Crippen LogP contribution in [0.5, 0.6) is 0 Å². The molecule has 5 nitrogen and oxygen atoms in total. The molecule has 2 saturated heterocycles. The Hall–Kier alpha value is -1.76. The van der Waals surface area contributed by atoms with Gasteiger partial charge in [0.15, 0.2) is 0 Å². The fourth-order valence-corrected chi connectivity index (χ4v) is 4.11. The summed E-state index contributed by atoms with van der Waals surface area (Å²) in [7, 11) is 1.49. The predicted molar refractivity (Wildman–Crippen MR) is 102 cm³/mol. The smallest absolute Gasteiger partial charge is 0.269 e. The number of rotatable bonds is 3. The lowest BCUT2D eigenvalue weighted by molar-refractivity contribution is 0.0315. The first kappa shape index (κ1) is 20.0. The summed E-state index contributed by atoms with van der Waals surface area (Å²) >= 11 is 0. The van der Waals surface area contributed by atoms with Crippen LogP contribution in [0.15, 0.2) is 12.1 Å². The van der Waals surface area contributed by atoms with E-state index in [4.69, 9.17) is 0 Å². The number of hydrogen-bond donors (Lipinski definition) is 1. The maximum atomic E-state index is 15.2. The molecule has 1 N–H and O–H groups in total. The Bertz CT molecular complexity index is 698. The van der Waals surface area contributed by atoms with Crippen LogP contribution in [0.4, 0.5) is 14.5 Å². The van der Waals surface area contributed by atoms with Crippen molar-refractivity contribution in [1.29, 1.82) is 0 Å². The van der Waals surface area contributed by atoms with Crippen LogP contribution in [0.25, 0.3) is 0 Å². The van der Waals surface area contributed by atoms with Gasteiger partial charge in [-0.2, -0.15) is 4.39 Å². The molecule has 0 saturated carbocycles. The van der Waals surface area contributed by atoms with Crippen molar-refractivity contribution in [2.24, 2.45) is 5.41 Å². The van der Waals surface area contributed by atoms with E-state index in [1.807, 2.05) is 25.7 Å². The molecule has 150 valence electrons. The first-order valence-corrected chi connectivity index (χ1v) is 9.71. The number of alkyl halides is 1. The normalized spacial score (nSPS) is 25.0. The van der Waals surface area contributed by atoms with Gasteiger partial charge in [0.25, 0.3) is 5.91 Å². The van der Waals surface area contributed by atoms with Crippen molar-refractivity contribution in [3.63, 3.8) is 0 Å². The largest absolute Gasteiger partial charge is 0.368 e. The minimum absolute atomic E-state index is 0.0761. The number of amides is 1. The van der Waals surface area contributed by atoms with E-state index >= 15 is 4.39 Å². The number of pyridine rings is 1. The first-order valence-electron chi connectivity index (χ1n) is 9.71. The Morgan fingerprint density at radius 3 is 2.44 bits per heavy atom. The summed E-state index contributed by atoms with van der Waals surface area (Å²) in [5, 5.41) is 2.44. The van der Waals surface area contributed by atoms with Crippen molar-refractivity contribution < 1.29 is 13.6 Å². The van der Waals surface area contributed by atoms with Crippen LogP contribution < -0.4 is 10.2 Å². The summed E-state index contributed by atoms with van der Waals surface area (Å²) in [5.41, 5.74) is -0.996. The molecular weight excluding hydrogens is 350 g/mol. The van der Waals surface area contributed by atoms with Gasteiger partial charge < -0.3 is 10.2 Å². The Labute approximate surface area is 160 Å². The van der Waals surface area contributed by atoms with Gasteiger partial charge in [0.05, 0.1) is 5.69 Å². The molecule has 1 aromatic rings. The second-order valence-electron chi connectivity index (χ2n) is 8.74. The maximum Gasteiger partial charge on any atom is 0.269 e. The molecule has 3 heterocycles. The van der Waals surface area contributed by atoms with Gasteiger partial charge in [-0.05, 0) is 36.8 Å². The van der Waals surface area contributed by atoms with Crippen LogP contribution in [0.1, 0.15) is 50.5 Å². The second kappa shape index (κ2) is 7.34. The quantitative estimate of drug-likeness (QED) is 0.819. The van der Waals surface area contributed by atoms with Crippen molar-refractivity contribution in [2.75, 3.05) is 38.1 Å². The second-order valence-corrected chi connectivity index (χ2v) is 8.74. The summed E-state index contributed by atoms with van der Waals surface area (Å²) < 4.78 is 29.6. The number of halogens is 2. The van der Waals surface area contributed by atoms with Crippen molar-refractivity contribution in [3.05, 3.63) is 23.8 Å². The number of nitrogens with one attached hydrogen (secondary N) is 1. The van der Waals surface area contributed by atoms with Crippen LogP contribution in [0.2, 0.25) is 0 Å². The summed E-state index contributed by atoms with van der Waals surface area (Å²) in [6.07, 6.45) is 2.32. The monoisotopic (exact) mass is 380 g/mol. The van der Waals surface area contributed by atoms with E-state index in [-0.39, 0.29) is 11.1 Å². The maximum absolute atomic E-state index is 15.2. The molecule has 2 aliphatic heterocycles. The Morgan fingerprint density at radius 1 is 1.26 bits per heavy atom. The molecule has 1 aromatic heterocycles. The van der Waals surface area contributed by atoms with E-state index in [9.17, 15) is 9.18 Å². The molecule has 0 radical (unpaired) electrons. The van der Waals surface area contributed by atoms with Crippen molar-refractivity contribution in [2.45, 2.75) is 51.7 Å². The van der Waals surface area contributed by atoms with Crippen molar-refractivity contribution >= 4 is 11.6 Å². The Balaban J connectivity index is 1.61. The standard InChI is InChI=1S/C20H30F2N4O/c1-19(2,3)20(22)9-12-26(13-20)14-7-10-25(11-8-14)16-6-5-15(18(27)23-4)24-17(16)21/h5-6,14H,7-13H2,1-4H3,(H,23,27). The number of piperidine rings is 1. The minimum atomic E-state index is -1.14. The van der Waals surface area contributed by atoms with Crippen LogP contribution >= 0.6 is 0 Å². The zero-order valence-electron chi connectivity index (χ0n) is 16.7. The van der Waals surface area contributed by atoms with Gasteiger partial charge in [0.2, 0.25) is 5.95 Å². The van der Waals surface area contributed by atoms with E-state index < -0.39 is 17.5 Å². The summed E-state index contributed by atoms with van der Waals surface area (Å²) in [6.45, 7) is 8.58. The summed E-state index contributed by atoms with van der Waals surface area (Å²) in [6, 6.07) is 3.50. The number of carbonyl (C=O) groups is 1. The topological polar surface area (TPSA) is 48.5 Å². The Kier molecular flexibility index (Phi) is 5.43. The highest BCUT2D eigenvalue weighted by Gasteiger charge is 2.49. The Morgan fingerprint density at radius 2 is 1.93 bits per heavy atom. The molecule has 27 heavy (non-hydrogen) atoms. The van der Waals surface area contributed by atoms with Crippen LogP contribution in [0.3, 0.4) is 0 Å². The minimum Gasteiger partial charge on any atom is -0.368 e. The average Bonchev–Trinajstić information content (AvgIpc) is 3.05. The third kappa shape index (κ3) is 3.93. The van der Waals surface area contributed by atoms with Gasteiger partial charge in [-0.15, -0.1) is 0 Å². The van der Waals surface area contributed by atoms with Crippen molar-refractivity contribution in [3.8, 4) is 0 Å². The zero-order valence-corrected chi connectivity index (χ0v) is 16.7. The van der Waals surface area contributed by atoms with Gasteiger partial charge in [-0.25, -0.2) is 9.37 Å². The average molecular weight is 380 g/mol. The molecule has 0 spiro atoms. The molecule has 0 bridgehead atoms. The third-order valence-corrected chi connectivity index (χ3v) is 6.20. The lowest BCUT2D eigenvalue weighted by Gasteiger charge is -2.39. The zero-order chi connectivity index (χ0) is 19.8. The number of likely N-dealkylation sites (tertiary alicyclic amines) is 1. The predicted octanol–water partition coefficient (Wildman–Crippen LogP) is 3.01. The highest BCUT2D eigenvalue weighted by Crippen LogP contribution is 2.42. The summed E-state index contributed by atoms with van der Waals surface area (Å²) in [4.78, 5) is 19.6. The van der Waals surface area contributed by atoms with Gasteiger partial charge in [-0.1, -0.05) is 20.8 Å². The molecule has 7 heteroatoms. The first-order chi connectivity index (χ1) is 12.6. The number of aromatic nitrogens is 1. The molecule has 0 aromatic carbocycles. The highest BCUT2D eigenvalue weighted by molar-refractivity contribution is 5.92. The van der Waals surface area contributed by atoms with Gasteiger partial charge in [-0.3, -0.25) is 9.69 Å². The van der Waals surface area contributed by atoms with E-state index in [0.29, 0.717) is 37.8 Å². The number of nitrogens with zero attached hydrogens (tertiary/aromatic N) is 3. The molecule has 1 atom stereocenters. The van der Waals surface area contributed by atoms with Gasteiger partial charge in [0, 0.05) is 39.3 Å².